The van der Waals surface area contributed by atoms with E-state index in [4.69, 9.17) is 9.73 Å². The Bertz CT molecular complexity index is 598. The summed E-state index contributed by atoms with van der Waals surface area (Å²) in [5, 5.41) is 9.57. The van der Waals surface area contributed by atoms with Crippen molar-refractivity contribution in [3.05, 3.63) is 35.9 Å². The van der Waals surface area contributed by atoms with Gasteiger partial charge in [-0.05, 0) is 50.7 Å². The molecule has 1 aromatic carbocycles. The predicted octanol–water partition coefficient (Wildman–Crippen LogP) is 2.96. The lowest BCUT2D eigenvalue weighted by Crippen LogP contribution is -2.42. The van der Waals surface area contributed by atoms with E-state index in [2.05, 4.69) is 22.9 Å². The molecule has 2 rings (SSSR count). The molecule has 6 heteroatoms. The van der Waals surface area contributed by atoms with Gasteiger partial charge in [0, 0.05) is 45.0 Å². The van der Waals surface area contributed by atoms with Crippen LogP contribution in [0, 0.1) is 5.41 Å². The molecule has 0 heterocycles. The molecule has 1 fully saturated rings. The van der Waals surface area contributed by atoms with E-state index in [1.165, 1.54) is 25.7 Å². The fraction of sp³-hybridized carbons (Fsp3) is 0.636. The molecule has 1 aliphatic carbocycles. The topological polar surface area (TPSA) is 74.8 Å². The van der Waals surface area contributed by atoms with Crippen molar-refractivity contribution in [3.63, 3.8) is 0 Å². The van der Waals surface area contributed by atoms with Crippen LogP contribution in [0.25, 0.3) is 0 Å². The highest BCUT2D eigenvalue weighted by Gasteiger charge is 2.33. The van der Waals surface area contributed by atoms with Gasteiger partial charge in [-0.1, -0.05) is 31.0 Å². The highest BCUT2D eigenvalue weighted by molar-refractivity contribution is 5.94. The first-order valence-electron chi connectivity index (χ1n) is 10.6. The normalized spacial score (nSPS) is 16.0. The first-order valence-corrected chi connectivity index (χ1v) is 10.6. The zero-order valence-electron chi connectivity index (χ0n) is 17.4. The summed E-state index contributed by atoms with van der Waals surface area (Å²) in [6.45, 7) is 8.53. The summed E-state index contributed by atoms with van der Waals surface area (Å²) >= 11 is 0. The van der Waals surface area contributed by atoms with Gasteiger partial charge in [0.2, 0.25) is 0 Å². The Morgan fingerprint density at radius 1 is 1.07 bits per heavy atom. The largest absolute Gasteiger partial charge is 0.382 e. The minimum atomic E-state index is -0.0508. The summed E-state index contributed by atoms with van der Waals surface area (Å²) in [6, 6.07) is 9.28. The van der Waals surface area contributed by atoms with Crippen LogP contribution >= 0.6 is 0 Å². The number of hydrogen-bond donors (Lipinski definition) is 3. The van der Waals surface area contributed by atoms with Crippen molar-refractivity contribution in [3.8, 4) is 0 Å². The molecule has 1 aromatic rings. The van der Waals surface area contributed by atoms with E-state index in [9.17, 15) is 4.79 Å². The molecule has 28 heavy (non-hydrogen) atoms. The van der Waals surface area contributed by atoms with Crippen LogP contribution in [0.15, 0.2) is 35.3 Å². The third-order valence-corrected chi connectivity index (χ3v) is 5.30. The number of rotatable bonds is 11. The maximum absolute atomic E-state index is 12.1. The van der Waals surface area contributed by atoms with Gasteiger partial charge < -0.3 is 20.7 Å². The second-order valence-electron chi connectivity index (χ2n) is 7.40. The number of nitrogens with zero attached hydrogens (tertiary/aromatic N) is 1. The molecule has 3 N–H and O–H groups in total. The van der Waals surface area contributed by atoms with Gasteiger partial charge in [0.25, 0.3) is 5.91 Å². The number of hydrogen-bond acceptors (Lipinski definition) is 3. The first kappa shape index (κ1) is 22.2. The standard InChI is InChI=1S/C22H36N4O2/c1-3-23-21(25-16-15-24-20(27)19-10-6-5-7-11-19)26-18-22(12-8-9-13-22)14-17-28-4-2/h5-7,10-11H,3-4,8-9,12-18H2,1-2H3,(H,24,27)(H2,23,25,26). The fourth-order valence-electron chi connectivity index (χ4n) is 3.68. The third-order valence-electron chi connectivity index (χ3n) is 5.30. The van der Waals surface area contributed by atoms with E-state index in [-0.39, 0.29) is 11.3 Å². The molecule has 156 valence electrons. The zero-order valence-corrected chi connectivity index (χ0v) is 17.4. The monoisotopic (exact) mass is 388 g/mol. The Morgan fingerprint density at radius 2 is 1.79 bits per heavy atom. The van der Waals surface area contributed by atoms with Crippen molar-refractivity contribution in [2.75, 3.05) is 39.4 Å². The molecule has 0 bridgehead atoms. The number of guanidine groups is 1. The maximum Gasteiger partial charge on any atom is 0.251 e. The van der Waals surface area contributed by atoms with Crippen molar-refractivity contribution >= 4 is 11.9 Å². The molecule has 1 amide bonds. The average Bonchev–Trinajstić information content (AvgIpc) is 3.19. The average molecular weight is 389 g/mol. The van der Waals surface area contributed by atoms with Crippen LogP contribution < -0.4 is 16.0 Å². The fourth-order valence-corrected chi connectivity index (χ4v) is 3.68. The van der Waals surface area contributed by atoms with Gasteiger partial charge in [-0.25, -0.2) is 0 Å². The number of amides is 1. The van der Waals surface area contributed by atoms with Crippen molar-refractivity contribution in [1.82, 2.24) is 16.0 Å². The Labute approximate surface area is 169 Å². The van der Waals surface area contributed by atoms with Crippen LogP contribution in [0.5, 0.6) is 0 Å². The number of nitrogens with one attached hydrogen (secondary N) is 3. The van der Waals surface area contributed by atoms with Gasteiger partial charge in [0.1, 0.15) is 0 Å². The van der Waals surface area contributed by atoms with Crippen LogP contribution in [0.3, 0.4) is 0 Å². The van der Waals surface area contributed by atoms with E-state index in [1.807, 2.05) is 37.3 Å². The van der Waals surface area contributed by atoms with Crippen LogP contribution in [0.2, 0.25) is 0 Å². The molecular weight excluding hydrogens is 352 g/mol. The van der Waals surface area contributed by atoms with E-state index in [0.29, 0.717) is 18.7 Å². The SMILES string of the molecule is CCNC(=NCC1(CCOCC)CCCC1)NCCNC(=O)c1ccccc1. The molecule has 0 radical (unpaired) electrons. The van der Waals surface area contributed by atoms with Crippen molar-refractivity contribution in [2.45, 2.75) is 46.0 Å². The molecule has 0 unspecified atom stereocenters. The number of benzene rings is 1. The van der Waals surface area contributed by atoms with Gasteiger partial charge >= 0.3 is 0 Å². The minimum absolute atomic E-state index is 0.0508. The van der Waals surface area contributed by atoms with Crippen molar-refractivity contribution in [1.29, 1.82) is 0 Å². The Balaban J connectivity index is 1.79. The van der Waals surface area contributed by atoms with E-state index in [1.54, 1.807) is 0 Å². The smallest absolute Gasteiger partial charge is 0.251 e. The first-order chi connectivity index (χ1) is 13.7. The van der Waals surface area contributed by atoms with Gasteiger partial charge in [-0.3, -0.25) is 9.79 Å². The van der Waals surface area contributed by atoms with E-state index < -0.39 is 0 Å². The maximum atomic E-state index is 12.1. The molecular formula is C22H36N4O2. The quantitative estimate of drug-likeness (QED) is 0.310. The lowest BCUT2D eigenvalue weighted by atomic mass is 9.83. The number of carbonyl (C=O) groups is 1. The third kappa shape index (κ3) is 7.50. The van der Waals surface area contributed by atoms with E-state index in [0.717, 1.165) is 38.7 Å². The lowest BCUT2D eigenvalue weighted by Gasteiger charge is -2.27. The Kier molecular flexibility index (Phi) is 9.83. The van der Waals surface area contributed by atoms with Crippen LogP contribution in [-0.4, -0.2) is 51.3 Å². The van der Waals surface area contributed by atoms with Crippen LogP contribution in [-0.2, 0) is 4.74 Å². The number of ether oxygens (including phenoxy) is 1. The summed E-state index contributed by atoms with van der Waals surface area (Å²) in [5.74, 6) is 0.768. The molecule has 1 saturated carbocycles. The zero-order chi connectivity index (χ0) is 20.1. The minimum Gasteiger partial charge on any atom is -0.382 e. The second kappa shape index (κ2) is 12.4. The Hall–Kier alpha value is -2.08. The summed E-state index contributed by atoms with van der Waals surface area (Å²) in [5.41, 5.74) is 0.958. The van der Waals surface area contributed by atoms with Crippen molar-refractivity contribution < 1.29 is 9.53 Å². The van der Waals surface area contributed by atoms with Gasteiger partial charge in [-0.15, -0.1) is 0 Å². The summed E-state index contributed by atoms with van der Waals surface area (Å²) in [6.07, 6.45) is 6.12. The molecule has 0 atom stereocenters. The molecule has 1 aliphatic rings. The highest BCUT2D eigenvalue weighted by Crippen LogP contribution is 2.41. The molecule has 6 nitrogen and oxygen atoms in total. The summed E-state index contributed by atoms with van der Waals surface area (Å²) < 4.78 is 5.59. The number of carbonyl (C=O) groups excluding carboxylic acids is 1. The second-order valence-corrected chi connectivity index (χ2v) is 7.40. The molecule has 0 spiro atoms. The molecule has 0 aromatic heterocycles. The Morgan fingerprint density at radius 3 is 2.46 bits per heavy atom. The number of aliphatic imine (C=N–C) groups is 1. The summed E-state index contributed by atoms with van der Waals surface area (Å²) in [7, 11) is 0. The van der Waals surface area contributed by atoms with Gasteiger partial charge in [-0.2, -0.15) is 0 Å². The predicted molar refractivity (Wildman–Crippen MR) is 115 cm³/mol. The highest BCUT2D eigenvalue weighted by atomic mass is 16.5. The summed E-state index contributed by atoms with van der Waals surface area (Å²) in [4.78, 5) is 16.9. The molecule has 0 saturated heterocycles. The van der Waals surface area contributed by atoms with Gasteiger partial charge in [0.05, 0.1) is 0 Å². The van der Waals surface area contributed by atoms with Crippen molar-refractivity contribution in [2.24, 2.45) is 10.4 Å². The van der Waals surface area contributed by atoms with Gasteiger partial charge in [0.15, 0.2) is 5.96 Å². The lowest BCUT2D eigenvalue weighted by molar-refractivity contribution is 0.0954. The van der Waals surface area contributed by atoms with Crippen LogP contribution in [0.4, 0.5) is 0 Å². The van der Waals surface area contributed by atoms with Crippen LogP contribution in [0.1, 0.15) is 56.3 Å². The molecule has 0 aliphatic heterocycles. The van der Waals surface area contributed by atoms with E-state index >= 15 is 0 Å².